The highest BCUT2D eigenvalue weighted by atomic mass is 16.7. The molecule has 1 aromatic heterocycles. The van der Waals surface area contributed by atoms with Gasteiger partial charge in [0.15, 0.2) is 11.5 Å². The van der Waals surface area contributed by atoms with Gasteiger partial charge >= 0.3 is 0 Å². The highest BCUT2D eigenvalue weighted by molar-refractivity contribution is 6.27. The Bertz CT molecular complexity index is 1360. The molecule has 0 radical (unpaired) electrons. The van der Waals surface area contributed by atoms with Crippen LogP contribution in [0.5, 0.6) is 17.2 Å². The van der Waals surface area contributed by atoms with Crippen LogP contribution in [-0.2, 0) is 0 Å². The van der Waals surface area contributed by atoms with Crippen LogP contribution >= 0.6 is 0 Å². The number of hydrogen-bond acceptors (Lipinski definition) is 4. The molecule has 0 saturated carbocycles. The van der Waals surface area contributed by atoms with E-state index in [4.69, 9.17) is 14.2 Å². The van der Waals surface area contributed by atoms with Crippen molar-refractivity contribution in [1.29, 1.82) is 0 Å². The average molecular weight is 394 g/mol. The number of H-pyrrole nitrogens is 1. The molecule has 0 saturated heterocycles. The minimum absolute atomic E-state index is 0.193. The first-order valence-electron chi connectivity index (χ1n) is 9.76. The zero-order chi connectivity index (χ0) is 20.1. The van der Waals surface area contributed by atoms with Crippen LogP contribution in [0.15, 0.2) is 71.9 Å². The summed E-state index contributed by atoms with van der Waals surface area (Å²) in [5.41, 5.74) is 7.38. The van der Waals surface area contributed by atoms with Crippen molar-refractivity contribution >= 4 is 34.0 Å². The Morgan fingerprint density at radius 1 is 1.03 bits per heavy atom. The number of aliphatic imine (C=N–C) groups is 1. The van der Waals surface area contributed by atoms with Gasteiger partial charge in [-0.2, -0.15) is 0 Å². The lowest BCUT2D eigenvalue weighted by molar-refractivity contribution is 0.171. The average Bonchev–Trinajstić information content (AvgIpc) is 3.53. The normalized spacial score (nSPS) is 15.5. The smallest absolute Gasteiger partial charge is 0.231 e. The number of ether oxygens (including phenoxy) is 3. The molecule has 0 amide bonds. The number of benzene rings is 3. The topological polar surface area (TPSA) is 55.8 Å². The van der Waals surface area contributed by atoms with Crippen LogP contribution < -0.4 is 14.2 Å². The van der Waals surface area contributed by atoms with Gasteiger partial charge in [0.05, 0.1) is 12.8 Å². The summed E-state index contributed by atoms with van der Waals surface area (Å²) in [6, 6.07) is 20.5. The summed E-state index contributed by atoms with van der Waals surface area (Å²) in [5, 5.41) is 1.15. The molecule has 0 aliphatic carbocycles. The second-order valence-electron chi connectivity index (χ2n) is 7.22. The number of aromatic nitrogens is 1. The molecule has 1 N–H and O–H groups in total. The molecular weight excluding hydrogens is 376 g/mol. The molecule has 0 fully saturated rings. The number of hydrogen-bond donors (Lipinski definition) is 1. The molecule has 5 nitrogen and oxygen atoms in total. The molecule has 6 rings (SSSR count). The van der Waals surface area contributed by atoms with Gasteiger partial charge in [-0.25, -0.2) is 0 Å². The Morgan fingerprint density at radius 3 is 2.83 bits per heavy atom. The fourth-order valence-corrected chi connectivity index (χ4v) is 4.23. The van der Waals surface area contributed by atoms with Gasteiger partial charge in [0, 0.05) is 45.6 Å². The standard InChI is InChI=1S/C25H18N2O3/c1-28-22-10-15(11-23-25(22)30-14-29-23)24(18-12-26-20-8-4-2-6-16(18)20)19-13-27-21-9-5-3-7-17(19)21/h2-13,26H,14H2,1H3/b24-19+. The van der Waals surface area contributed by atoms with Gasteiger partial charge in [-0.3, -0.25) is 4.99 Å². The van der Waals surface area contributed by atoms with Gasteiger partial charge in [-0.15, -0.1) is 0 Å². The molecule has 3 heterocycles. The number of rotatable bonds is 3. The molecule has 30 heavy (non-hydrogen) atoms. The Kier molecular flexibility index (Phi) is 3.68. The van der Waals surface area contributed by atoms with Gasteiger partial charge in [-0.05, 0) is 29.8 Å². The SMILES string of the molecule is COc1cc(/C(=C2/C=Nc3ccccc32)c2c[nH]c3ccccc23)cc2c1OCO2. The van der Waals surface area contributed by atoms with Gasteiger partial charge in [0.2, 0.25) is 12.5 Å². The lowest BCUT2D eigenvalue weighted by atomic mass is 9.89. The van der Waals surface area contributed by atoms with Crippen LogP contribution in [0, 0.1) is 0 Å². The fraction of sp³-hybridized carbons (Fsp3) is 0.0800. The van der Waals surface area contributed by atoms with E-state index in [1.54, 1.807) is 7.11 Å². The lowest BCUT2D eigenvalue weighted by Crippen LogP contribution is -1.96. The molecular formula is C25H18N2O3. The number of para-hydroxylation sites is 2. The van der Waals surface area contributed by atoms with E-state index in [9.17, 15) is 0 Å². The van der Waals surface area contributed by atoms with Crippen molar-refractivity contribution in [2.45, 2.75) is 0 Å². The second kappa shape index (κ2) is 6.52. The minimum Gasteiger partial charge on any atom is -0.493 e. The molecule has 5 heteroatoms. The third-order valence-corrected chi connectivity index (χ3v) is 5.60. The monoisotopic (exact) mass is 394 g/mol. The Hall–Kier alpha value is -3.99. The van der Waals surface area contributed by atoms with Crippen LogP contribution in [0.25, 0.3) is 22.0 Å². The molecule has 3 aromatic carbocycles. The van der Waals surface area contributed by atoms with Gasteiger partial charge in [0.1, 0.15) is 0 Å². The van der Waals surface area contributed by atoms with Crippen LogP contribution in [-0.4, -0.2) is 25.1 Å². The summed E-state index contributed by atoms with van der Waals surface area (Å²) in [5.74, 6) is 1.98. The van der Waals surface area contributed by atoms with Crippen molar-refractivity contribution in [1.82, 2.24) is 4.98 Å². The number of nitrogens with zero attached hydrogens (tertiary/aromatic N) is 1. The van der Waals surface area contributed by atoms with E-state index in [1.165, 1.54) is 0 Å². The van der Waals surface area contributed by atoms with Gasteiger partial charge in [0.25, 0.3) is 0 Å². The number of nitrogens with one attached hydrogen (secondary N) is 1. The van der Waals surface area contributed by atoms with Crippen molar-refractivity contribution in [3.63, 3.8) is 0 Å². The molecule has 2 aliphatic heterocycles. The highest BCUT2D eigenvalue weighted by Crippen LogP contribution is 2.47. The highest BCUT2D eigenvalue weighted by Gasteiger charge is 2.25. The van der Waals surface area contributed by atoms with Gasteiger partial charge in [-0.1, -0.05) is 36.4 Å². The molecule has 146 valence electrons. The molecule has 4 aromatic rings. The number of allylic oxidation sites excluding steroid dienone is 1. The predicted molar refractivity (Wildman–Crippen MR) is 118 cm³/mol. The summed E-state index contributed by atoms with van der Waals surface area (Å²) in [6.45, 7) is 0.193. The quantitative estimate of drug-likeness (QED) is 0.493. The van der Waals surface area contributed by atoms with E-state index in [1.807, 2.05) is 42.6 Å². The zero-order valence-electron chi connectivity index (χ0n) is 16.3. The zero-order valence-corrected chi connectivity index (χ0v) is 16.3. The minimum atomic E-state index is 0.193. The Labute approximate surface area is 173 Å². The van der Waals surface area contributed by atoms with Crippen molar-refractivity contribution in [3.8, 4) is 17.2 Å². The van der Waals surface area contributed by atoms with E-state index in [-0.39, 0.29) is 6.79 Å². The molecule has 2 aliphatic rings. The molecule has 0 bridgehead atoms. The predicted octanol–water partition coefficient (Wildman–Crippen LogP) is 5.58. The van der Waals surface area contributed by atoms with Crippen LogP contribution in [0.3, 0.4) is 0 Å². The largest absolute Gasteiger partial charge is 0.493 e. The first-order valence-corrected chi connectivity index (χ1v) is 9.76. The number of fused-ring (bicyclic) bond motifs is 3. The lowest BCUT2D eigenvalue weighted by Gasteiger charge is -2.14. The van der Waals surface area contributed by atoms with Crippen LogP contribution in [0.1, 0.15) is 16.7 Å². The van der Waals surface area contributed by atoms with E-state index < -0.39 is 0 Å². The first-order chi connectivity index (χ1) is 14.8. The molecule has 0 spiro atoms. The van der Waals surface area contributed by atoms with E-state index in [0.717, 1.165) is 44.4 Å². The van der Waals surface area contributed by atoms with E-state index in [0.29, 0.717) is 17.2 Å². The van der Waals surface area contributed by atoms with Crippen LogP contribution in [0.4, 0.5) is 5.69 Å². The number of methoxy groups -OCH3 is 1. The summed E-state index contributed by atoms with van der Waals surface area (Å²) in [4.78, 5) is 8.05. The van der Waals surface area contributed by atoms with Crippen molar-refractivity contribution < 1.29 is 14.2 Å². The third-order valence-electron chi connectivity index (χ3n) is 5.60. The number of aromatic amines is 1. The van der Waals surface area contributed by atoms with Gasteiger partial charge < -0.3 is 19.2 Å². The van der Waals surface area contributed by atoms with Crippen molar-refractivity contribution in [2.75, 3.05) is 13.9 Å². The maximum atomic E-state index is 5.70. The third kappa shape index (κ3) is 2.45. The second-order valence-corrected chi connectivity index (χ2v) is 7.22. The van der Waals surface area contributed by atoms with Crippen LogP contribution in [0.2, 0.25) is 0 Å². The fourth-order valence-electron chi connectivity index (χ4n) is 4.23. The molecule has 0 atom stereocenters. The van der Waals surface area contributed by atoms with Crippen molar-refractivity contribution in [2.24, 2.45) is 4.99 Å². The summed E-state index contributed by atoms with van der Waals surface area (Å²) in [7, 11) is 1.64. The Balaban J connectivity index is 1.68. The maximum absolute atomic E-state index is 5.70. The van der Waals surface area contributed by atoms with E-state index >= 15 is 0 Å². The maximum Gasteiger partial charge on any atom is 0.231 e. The van der Waals surface area contributed by atoms with Crippen molar-refractivity contribution in [3.05, 3.63) is 83.6 Å². The summed E-state index contributed by atoms with van der Waals surface area (Å²) < 4.78 is 16.9. The molecule has 0 unspecified atom stereocenters. The summed E-state index contributed by atoms with van der Waals surface area (Å²) in [6.07, 6.45) is 4.00. The summed E-state index contributed by atoms with van der Waals surface area (Å²) >= 11 is 0. The first kappa shape index (κ1) is 16.9. The van der Waals surface area contributed by atoms with E-state index in [2.05, 4.69) is 40.4 Å². The Morgan fingerprint density at radius 2 is 1.90 bits per heavy atom.